The van der Waals surface area contributed by atoms with E-state index >= 15 is 0 Å². The van der Waals surface area contributed by atoms with Crippen LogP contribution in [-0.2, 0) is 17.7 Å². The molecule has 1 aliphatic carbocycles. The van der Waals surface area contributed by atoms with E-state index in [0.717, 1.165) is 28.4 Å². The third-order valence-electron chi connectivity index (χ3n) is 6.21. The van der Waals surface area contributed by atoms with Crippen LogP contribution in [0.3, 0.4) is 0 Å². The molecule has 2 aromatic heterocycles. The van der Waals surface area contributed by atoms with Crippen LogP contribution in [0.4, 0.5) is 10.1 Å². The zero-order valence-electron chi connectivity index (χ0n) is 18.8. The first-order chi connectivity index (χ1) is 17.2. The molecule has 0 spiro atoms. The highest BCUT2D eigenvalue weighted by Gasteiger charge is 2.31. The van der Waals surface area contributed by atoms with Crippen LogP contribution in [0.5, 0.6) is 0 Å². The maximum atomic E-state index is 13.5. The minimum atomic E-state index is -2.31. The van der Waals surface area contributed by atoms with Gasteiger partial charge in [-0.2, -0.15) is 5.10 Å². The summed E-state index contributed by atoms with van der Waals surface area (Å²) < 4.78 is 39.9. The third kappa shape index (κ3) is 4.90. The van der Waals surface area contributed by atoms with Crippen LogP contribution in [0.25, 0.3) is 16.8 Å². The van der Waals surface area contributed by atoms with Crippen molar-refractivity contribution in [1.82, 2.24) is 9.61 Å². The summed E-state index contributed by atoms with van der Waals surface area (Å²) in [7, 11) is 0. The van der Waals surface area contributed by atoms with Crippen molar-refractivity contribution in [2.24, 2.45) is 5.73 Å². The highest BCUT2D eigenvalue weighted by atomic mass is 79.9. The molecule has 1 unspecified atom stereocenters. The van der Waals surface area contributed by atoms with Gasteiger partial charge in [-0.05, 0) is 94.7 Å². The van der Waals surface area contributed by atoms with Gasteiger partial charge in [0.05, 0.1) is 28.0 Å². The summed E-state index contributed by atoms with van der Waals surface area (Å²) in [5, 5.41) is 5.12. The van der Waals surface area contributed by atoms with E-state index in [0.29, 0.717) is 33.9 Å². The van der Waals surface area contributed by atoms with Gasteiger partial charge in [0.1, 0.15) is 11.5 Å². The third-order valence-corrected chi connectivity index (χ3v) is 8.19. The smallest absolute Gasteiger partial charge is 0.261 e. The molecule has 1 amide bonds. The van der Waals surface area contributed by atoms with Gasteiger partial charge in [-0.3, -0.25) is 13.7 Å². The molecule has 0 saturated heterocycles. The second-order valence-corrected chi connectivity index (χ2v) is 10.8. The Morgan fingerprint density at radius 1 is 1.25 bits per heavy atom. The van der Waals surface area contributed by atoms with E-state index in [2.05, 4.69) is 21.0 Å². The lowest BCUT2D eigenvalue weighted by atomic mass is 10.0. The molecule has 1 saturated carbocycles. The molecule has 3 N–H and O–H groups in total. The Morgan fingerprint density at radius 3 is 2.58 bits per heavy atom. The molecule has 1 atom stereocenters. The fraction of sp³-hybridized carbons (Fsp3) is 0.200. The van der Waals surface area contributed by atoms with Gasteiger partial charge in [-0.25, -0.2) is 13.1 Å². The number of pyridine rings is 1. The van der Waals surface area contributed by atoms with Crippen molar-refractivity contribution >= 4 is 55.9 Å². The number of nitrogens with two attached hydrogens (primary N) is 1. The predicted molar refractivity (Wildman–Crippen MR) is 142 cm³/mol. The first-order valence-electron chi connectivity index (χ1n) is 11.2. The number of primary amides is 1. The van der Waals surface area contributed by atoms with E-state index < -0.39 is 23.0 Å². The van der Waals surface area contributed by atoms with Crippen LogP contribution in [-0.4, -0.2) is 30.8 Å². The molecular formula is C25H21BrClFN4O3S. The van der Waals surface area contributed by atoms with Crippen molar-refractivity contribution < 1.29 is 17.9 Å². The van der Waals surface area contributed by atoms with Crippen molar-refractivity contribution in [2.75, 3.05) is 10.8 Å². The van der Waals surface area contributed by atoms with E-state index in [4.69, 9.17) is 17.3 Å². The minimum absolute atomic E-state index is 0.197. The number of aromatic nitrogens is 2. The average molecular weight is 592 g/mol. The zero-order chi connectivity index (χ0) is 25.6. The van der Waals surface area contributed by atoms with Gasteiger partial charge in [-0.1, -0.05) is 17.7 Å². The Bertz CT molecular complexity index is 1510. The van der Waals surface area contributed by atoms with Crippen LogP contribution in [0, 0.1) is 5.82 Å². The second kappa shape index (κ2) is 9.93. The predicted octanol–water partition coefficient (Wildman–Crippen LogP) is 5.72. The number of fused-ring (bicyclic) bond motifs is 1. The molecule has 1 aliphatic rings. The largest absolute Gasteiger partial charge is 0.365 e. The summed E-state index contributed by atoms with van der Waals surface area (Å²) in [5.74, 6) is -0.869. The van der Waals surface area contributed by atoms with Crippen molar-refractivity contribution in [2.45, 2.75) is 25.2 Å². The lowest BCUT2D eigenvalue weighted by Crippen LogP contribution is -2.29. The van der Waals surface area contributed by atoms with Crippen LogP contribution in [0.15, 0.2) is 59.2 Å². The van der Waals surface area contributed by atoms with E-state index in [1.54, 1.807) is 6.20 Å². The molecule has 186 valence electrons. The molecule has 2 aromatic carbocycles. The molecule has 11 heteroatoms. The number of benzene rings is 2. The van der Waals surface area contributed by atoms with Gasteiger partial charge in [-0.15, -0.1) is 0 Å². The summed E-state index contributed by atoms with van der Waals surface area (Å²) in [5.41, 5.74) is 9.64. The highest BCUT2D eigenvalue weighted by molar-refractivity contribution is 9.10. The number of halogens is 3. The molecule has 1 fully saturated rings. The first kappa shape index (κ1) is 24.9. The lowest BCUT2D eigenvalue weighted by molar-refractivity contribution is 0.100. The zero-order valence-corrected chi connectivity index (χ0v) is 22.0. The molecule has 36 heavy (non-hydrogen) atoms. The topological polar surface area (TPSA) is 101 Å². The van der Waals surface area contributed by atoms with Crippen LogP contribution < -0.4 is 10.0 Å². The molecule has 4 aromatic rings. The number of amides is 1. The Morgan fingerprint density at radius 2 is 1.97 bits per heavy atom. The van der Waals surface area contributed by atoms with Gasteiger partial charge in [0.25, 0.3) is 17.2 Å². The van der Waals surface area contributed by atoms with Crippen molar-refractivity contribution in [1.29, 1.82) is 0 Å². The number of nitrogens with zero attached hydrogens (tertiary/aromatic N) is 3. The Balaban J connectivity index is 1.60. The highest BCUT2D eigenvalue weighted by Crippen LogP contribution is 2.46. The average Bonchev–Trinajstić information content (AvgIpc) is 3.61. The Labute approximate surface area is 222 Å². The Hall–Kier alpha value is -2.79. The standard InChI is InChI=1S/C25H21BrClFN4O3S/c26-19-8-1-14(11-20(19)27)9-10-32(36(34)35)22-13-31-21(12-18(22)15-2-3-15)23(25(29)33)24(30-31)16-4-6-17(28)7-5-16/h1,4-8,11-13,15H,2-3,9-10H2,(H2,29,33)(H,34,35). The quantitative estimate of drug-likeness (QED) is 0.256. The van der Waals surface area contributed by atoms with Gasteiger partial charge in [0, 0.05) is 16.6 Å². The fourth-order valence-electron chi connectivity index (χ4n) is 4.29. The number of rotatable bonds is 8. The number of carbonyl (C=O) groups excluding carboxylic acids is 1. The fourth-order valence-corrected chi connectivity index (χ4v) is 5.30. The van der Waals surface area contributed by atoms with Crippen LogP contribution in [0.2, 0.25) is 5.02 Å². The summed E-state index contributed by atoms with van der Waals surface area (Å²) in [6.07, 6.45) is 4.00. The first-order valence-corrected chi connectivity index (χ1v) is 13.4. The molecule has 0 aliphatic heterocycles. The summed E-state index contributed by atoms with van der Waals surface area (Å²) >= 11 is 7.27. The molecule has 5 rings (SSSR count). The molecule has 0 bridgehead atoms. The van der Waals surface area contributed by atoms with E-state index in [1.807, 2.05) is 24.3 Å². The number of hydrogen-bond acceptors (Lipinski definition) is 3. The van der Waals surface area contributed by atoms with Gasteiger partial charge in [0.2, 0.25) is 0 Å². The van der Waals surface area contributed by atoms with Crippen molar-refractivity contribution in [3.8, 4) is 11.3 Å². The summed E-state index contributed by atoms with van der Waals surface area (Å²) in [4.78, 5) is 12.5. The second-order valence-electron chi connectivity index (χ2n) is 8.64. The molecule has 7 nitrogen and oxygen atoms in total. The maximum Gasteiger partial charge on any atom is 0.261 e. The number of hydrogen-bond donors (Lipinski definition) is 2. The molecule has 2 heterocycles. The van der Waals surface area contributed by atoms with Crippen LogP contribution in [0.1, 0.15) is 40.2 Å². The lowest BCUT2D eigenvalue weighted by Gasteiger charge is -2.23. The van der Waals surface area contributed by atoms with Crippen molar-refractivity contribution in [3.05, 3.63) is 86.7 Å². The normalized spacial score (nSPS) is 14.2. The van der Waals surface area contributed by atoms with E-state index in [9.17, 15) is 17.9 Å². The summed E-state index contributed by atoms with van der Waals surface area (Å²) in [6.45, 7) is 0.251. The maximum absolute atomic E-state index is 13.5. The molecular weight excluding hydrogens is 571 g/mol. The summed E-state index contributed by atoms with van der Waals surface area (Å²) in [6, 6.07) is 13.0. The number of anilines is 1. The number of carbonyl (C=O) groups is 1. The van der Waals surface area contributed by atoms with E-state index in [1.165, 1.54) is 33.1 Å². The SMILES string of the molecule is NC(=O)c1c(-c2ccc(F)cc2)nn2cc(N(CCc3ccc(Br)c(Cl)c3)S(=O)O)c(C3CC3)cc12. The molecule has 0 radical (unpaired) electrons. The minimum Gasteiger partial charge on any atom is -0.365 e. The van der Waals surface area contributed by atoms with Gasteiger partial charge >= 0.3 is 0 Å². The monoisotopic (exact) mass is 590 g/mol. The van der Waals surface area contributed by atoms with Crippen molar-refractivity contribution in [3.63, 3.8) is 0 Å². The van der Waals surface area contributed by atoms with Gasteiger partial charge in [0.15, 0.2) is 0 Å². The van der Waals surface area contributed by atoms with Gasteiger partial charge < -0.3 is 5.73 Å². The van der Waals surface area contributed by atoms with E-state index in [-0.39, 0.29) is 18.0 Å². The van der Waals surface area contributed by atoms with Crippen LogP contribution >= 0.6 is 27.5 Å². The Kier molecular flexibility index (Phi) is 6.86.